The number of nitrogens with zero attached hydrogens (tertiary/aromatic N) is 4. The van der Waals surface area contributed by atoms with Crippen molar-refractivity contribution in [1.82, 2.24) is 19.4 Å². The lowest BCUT2D eigenvalue weighted by Crippen LogP contribution is -2.32. The van der Waals surface area contributed by atoms with Crippen molar-refractivity contribution in [1.29, 1.82) is 0 Å². The summed E-state index contributed by atoms with van der Waals surface area (Å²) in [5, 5.41) is 3.25. The summed E-state index contributed by atoms with van der Waals surface area (Å²) < 4.78 is 59.8. The van der Waals surface area contributed by atoms with Crippen molar-refractivity contribution in [2.24, 2.45) is 0 Å². The van der Waals surface area contributed by atoms with Crippen molar-refractivity contribution < 1.29 is 46.8 Å². The van der Waals surface area contributed by atoms with E-state index < -0.39 is 23.4 Å². The average Bonchev–Trinajstić information content (AvgIpc) is 4.08. The normalized spacial score (nSPS) is 12.1. The van der Waals surface area contributed by atoms with E-state index in [-0.39, 0.29) is 65.1 Å². The molecule has 1 aliphatic carbocycles. The number of carbonyl (C=O) groups is 3. The molecule has 2 aromatic heterocycles. The Morgan fingerprint density at radius 3 is 2.29 bits per heavy atom. The predicted molar refractivity (Wildman–Crippen MR) is 233 cm³/mol. The summed E-state index contributed by atoms with van der Waals surface area (Å²) in [6, 6.07) is 15.3. The lowest BCUT2D eigenvalue weighted by Gasteiger charge is -2.20. The molecule has 7 rings (SSSR count). The number of nitrogens with two attached hydrogens (primary N) is 1. The standard InChI is InChI=1S/C47H46F2N6O8/c1-25(22-55-23-35(32-13-11-31(59-4)21-38(32)55)42(56)29-17-39(60-5)43(62-7)40(18-29)61-6)47(58)54(3)14-15-63-44-41(51-24-52-45(44)50)34-19-30(48)20-37(26(34)2)53-46(57)33-12-10-28(16-36(33)49)27-8-9-27/h10-13,16-21,23-24,27H,1,8-9,14-15,22H2,2-7H3,(H,53,57)(H2,50,51,52). The quantitative estimate of drug-likeness (QED) is 0.0679. The highest BCUT2D eigenvalue weighted by Crippen LogP contribution is 2.42. The first kappa shape index (κ1) is 43.6. The predicted octanol–water partition coefficient (Wildman–Crippen LogP) is 7.76. The number of hydrogen-bond donors (Lipinski definition) is 2. The topological polar surface area (TPSA) is 169 Å². The zero-order valence-corrected chi connectivity index (χ0v) is 35.6. The molecule has 0 aliphatic heterocycles. The van der Waals surface area contributed by atoms with Gasteiger partial charge in [0, 0.05) is 52.6 Å². The second-order valence-corrected chi connectivity index (χ2v) is 15.0. The number of halogens is 2. The highest BCUT2D eigenvalue weighted by atomic mass is 19.1. The van der Waals surface area contributed by atoms with Crippen LogP contribution in [0.5, 0.6) is 28.7 Å². The summed E-state index contributed by atoms with van der Waals surface area (Å²) in [6.45, 7) is 5.73. The molecule has 0 unspecified atom stereocenters. The average molecular weight is 861 g/mol. The molecule has 2 amide bonds. The maximum atomic E-state index is 15.2. The van der Waals surface area contributed by atoms with Gasteiger partial charge in [-0.2, -0.15) is 0 Å². The van der Waals surface area contributed by atoms with E-state index in [1.54, 1.807) is 61.1 Å². The van der Waals surface area contributed by atoms with Crippen molar-refractivity contribution >= 4 is 40.0 Å². The van der Waals surface area contributed by atoms with E-state index in [1.165, 1.54) is 57.9 Å². The molecular formula is C47H46F2N6O8. The number of ketones is 1. The van der Waals surface area contributed by atoms with Crippen LogP contribution < -0.4 is 34.7 Å². The van der Waals surface area contributed by atoms with Crippen LogP contribution in [0.2, 0.25) is 0 Å². The van der Waals surface area contributed by atoms with Crippen LogP contribution in [-0.2, 0) is 11.3 Å². The molecule has 63 heavy (non-hydrogen) atoms. The number of rotatable bonds is 17. The Morgan fingerprint density at radius 1 is 0.905 bits per heavy atom. The first-order chi connectivity index (χ1) is 30.3. The van der Waals surface area contributed by atoms with Crippen molar-refractivity contribution in [3.8, 4) is 40.0 Å². The molecule has 6 aromatic rings. The van der Waals surface area contributed by atoms with E-state index in [0.29, 0.717) is 56.5 Å². The monoisotopic (exact) mass is 860 g/mol. The molecule has 1 saturated carbocycles. The lowest BCUT2D eigenvalue weighted by atomic mass is 10.0. The van der Waals surface area contributed by atoms with Crippen LogP contribution in [0.3, 0.4) is 0 Å². The van der Waals surface area contributed by atoms with E-state index >= 15 is 4.39 Å². The molecule has 4 aromatic carbocycles. The SMILES string of the molecule is C=C(Cn1cc(C(=O)c2cc(OC)c(OC)c(OC)c2)c2ccc(OC)cc21)C(=O)N(C)CCOc1c(N)ncnc1-c1cc(F)cc(NC(=O)c2ccc(C3CC3)cc2F)c1C. The minimum Gasteiger partial charge on any atom is -0.497 e. The van der Waals surface area contributed by atoms with E-state index in [2.05, 4.69) is 21.9 Å². The maximum Gasteiger partial charge on any atom is 0.258 e. The van der Waals surface area contributed by atoms with Gasteiger partial charge in [0.05, 0.1) is 52.6 Å². The molecule has 326 valence electrons. The van der Waals surface area contributed by atoms with Crippen LogP contribution in [0.15, 0.2) is 85.3 Å². The van der Waals surface area contributed by atoms with E-state index in [9.17, 15) is 18.8 Å². The van der Waals surface area contributed by atoms with Gasteiger partial charge in [-0.15, -0.1) is 0 Å². The summed E-state index contributed by atoms with van der Waals surface area (Å²) in [5.74, 6) is -1.01. The molecule has 3 N–H and O–H groups in total. The number of likely N-dealkylation sites (N-methyl/N-ethyl adjacent to an activating group) is 1. The summed E-state index contributed by atoms with van der Waals surface area (Å²) >= 11 is 0. The Hall–Kier alpha value is -7.49. The molecule has 0 atom stereocenters. The smallest absolute Gasteiger partial charge is 0.258 e. The van der Waals surface area contributed by atoms with Gasteiger partial charge in [-0.05, 0) is 85.3 Å². The third-order valence-electron chi connectivity index (χ3n) is 10.9. The van der Waals surface area contributed by atoms with Crippen molar-refractivity contribution in [3.63, 3.8) is 0 Å². The Bertz CT molecular complexity index is 2760. The Morgan fingerprint density at radius 2 is 1.63 bits per heavy atom. The molecule has 16 heteroatoms. The van der Waals surface area contributed by atoms with Gasteiger partial charge in [0.25, 0.3) is 11.8 Å². The number of anilines is 2. The van der Waals surface area contributed by atoms with Gasteiger partial charge in [0.15, 0.2) is 28.8 Å². The number of carbonyl (C=O) groups excluding carboxylic acids is 3. The summed E-state index contributed by atoms with van der Waals surface area (Å²) in [7, 11) is 7.51. The zero-order valence-electron chi connectivity index (χ0n) is 35.6. The van der Waals surface area contributed by atoms with Gasteiger partial charge >= 0.3 is 0 Å². The molecule has 2 heterocycles. The van der Waals surface area contributed by atoms with Crippen LogP contribution in [0.1, 0.15) is 56.2 Å². The number of fused-ring (bicyclic) bond motifs is 1. The van der Waals surface area contributed by atoms with Crippen molar-refractivity contribution in [3.05, 3.63) is 125 Å². The van der Waals surface area contributed by atoms with Crippen LogP contribution in [-0.4, -0.2) is 85.7 Å². The van der Waals surface area contributed by atoms with Gasteiger partial charge in [-0.25, -0.2) is 18.7 Å². The Labute approximate surface area is 362 Å². The summed E-state index contributed by atoms with van der Waals surface area (Å²) in [4.78, 5) is 50.8. The molecular weight excluding hydrogens is 815 g/mol. The minimum atomic E-state index is -0.739. The molecule has 1 aliphatic rings. The number of nitrogen functional groups attached to an aromatic ring is 1. The van der Waals surface area contributed by atoms with Gasteiger partial charge in [-0.1, -0.05) is 12.6 Å². The fourth-order valence-electron chi connectivity index (χ4n) is 7.36. The highest BCUT2D eigenvalue weighted by Gasteiger charge is 2.27. The van der Waals surface area contributed by atoms with Crippen molar-refractivity contribution in [2.45, 2.75) is 32.2 Å². The van der Waals surface area contributed by atoms with Crippen LogP contribution >= 0.6 is 0 Å². The second kappa shape index (κ2) is 18.2. The molecule has 14 nitrogen and oxygen atoms in total. The third-order valence-corrected chi connectivity index (χ3v) is 10.9. The maximum absolute atomic E-state index is 15.2. The number of ether oxygens (including phenoxy) is 5. The van der Waals surface area contributed by atoms with E-state index in [4.69, 9.17) is 29.4 Å². The molecule has 0 radical (unpaired) electrons. The number of hydrogen-bond acceptors (Lipinski definition) is 11. The van der Waals surface area contributed by atoms with Gasteiger partial charge in [0.2, 0.25) is 5.75 Å². The Balaban J connectivity index is 1.06. The van der Waals surface area contributed by atoms with Crippen LogP contribution in [0.25, 0.3) is 22.2 Å². The molecule has 0 bridgehead atoms. The summed E-state index contributed by atoms with van der Waals surface area (Å²) in [6.07, 6.45) is 4.82. The fourth-order valence-corrected chi connectivity index (χ4v) is 7.36. The van der Waals surface area contributed by atoms with Crippen LogP contribution in [0.4, 0.5) is 20.3 Å². The van der Waals surface area contributed by atoms with Gasteiger partial charge in [-0.3, -0.25) is 14.4 Å². The number of methoxy groups -OCH3 is 4. The number of nitrogens with one attached hydrogen (secondary N) is 1. The Kier molecular flexibility index (Phi) is 12.6. The number of aromatic nitrogens is 3. The molecule has 1 fully saturated rings. The minimum absolute atomic E-state index is 0.0238. The lowest BCUT2D eigenvalue weighted by molar-refractivity contribution is -0.126. The number of benzene rings is 4. The van der Waals surface area contributed by atoms with Gasteiger partial charge < -0.3 is 44.2 Å². The third kappa shape index (κ3) is 8.96. The van der Waals surface area contributed by atoms with E-state index in [1.807, 2.05) is 0 Å². The first-order valence-electron chi connectivity index (χ1n) is 19.9. The highest BCUT2D eigenvalue weighted by molar-refractivity contribution is 6.17. The van der Waals surface area contributed by atoms with Gasteiger partial charge in [0.1, 0.15) is 36.0 Å². The fraction of sp³-hybridized carbons (Fsp3) is 0.255. The zero-order chi connectivity index (χ0) is 45.1. The first-order valence-corrected chi connectivity index (χ1v) is 19.9. The molecule has 0 saturated heterocycles. The molecule has 0 spiro atoms. The van der Waals surface area contributed by atoms with Crippen molar-refractivity contribution in [2.75, 3.05) is 59.7 Å². The largest absolute Gasteiger partial charge is 0.497 e. The van der Waals surface area contributed by atoms with Crippen LogP contribution in [0, 0.1) is 18.6 Å². The summed E-state index contributed by atoms with van der Waals surface area (Å²) in [5.41, 5.74) is 9.29. The second-order valence-electron chi connectivity index (χ2n) is 15.0. The van der Waals surface area contributed by atoms with E-state index in [0.717, 1.165) is 24.5 Å². The number of amides is 2.